The van der Waals surface area contributed by atoms with Crippen molar-refractivity contribution in [2.45, 2.75) is 12.5 Å². The van der Waals surface area contributed by atoms with Gasteiger partial charge in [-0.3, -0.25) is 4.90 Å². The van der Waals surface area contributed by atoms with Gasteiger partial charge in [-0.2, -0.15) is 0 Å². The monoisotopic (exact) mass is 227 g/mol. The lowest BCUT2D eigenvalue weighted by Gasteiger charge is -2.32. The Morgan fingerprint density at radius 2 is 1.80 bits per heavy atom. The Labute approximate surface area is 94.3 Å². The lowest BCUT2D eigenvalue weighted by molar-refractivity contribution is -0.149. The van der Waals surface area contributed by atoms with Crippen LogP contribution in [-0.4, -0.2) is 30.1 Å². The molecule has 0 unspecified atom stereocenters. The fourth-order valence-corrected chi connectivity index (χ4v) is 1.47. The minimum absolute atomic E-state index is 0.602. The van der Waals surface area contributed by atoms with E-state index >= 15 is 0 Å². The highest BCUT2D eigenvalue weighted by atomic mass is 35.5. The number of hydrogen-bond acceptors (Lipinski definition) is 2. The lowest BCUT2D eigenvalue weighted by Crippen LogP contribution is -2.45. The zero-order valence-electron chi connectivity index (χ0n) is 8.99. The highest BCUT2D eigenvalue weighted by Gasteiger charge is 2.37. The predicted octanol–water partition coefficient (Wildman–Crippen LogP) is 2.20. The minimum Gasteiger partial charge on any atom is -0.480 e. The van der Waals surface area contributed by atoms with Gasteiger partial charge in [-0.15, -0.1) is 0 Å². The van der Waals surface area contributed by atoms with Gasteiger partial charge in [0.1, 0.15) is 5.54 Å². The van der Waals surface area contributed by atoms with Crippen molar-refractivity contribution in [3.63, 3.8) is 0 Å². The van der Waals surface area contributed by atoms with Crippen molar-refractivity contribution < 1.29 is 9.90 Å². The average Bonchev–Trinajstić information content (AvgIpc) is 2.17. The summed E-state index contributed by atoms with van der Waals surface area (Å²) in [5.41, 5.74) is -0.311. The molecular weight excluding hydrogens is 214 g/mol. The first-order chi connectivity index (χ1) is 6.89. The summed E-state index contributed by atoms with van der Waals surface area (Å²) in [6.45, 7) is 1.67. The molecule has 0 fully saturated rings. The van der Waals surface area contributed by atoms with Crippen LogP contribution in [0.25, 0.3) is 0 Å². The first-order valence-corrected chi connectivity index (χ1v) is 4.93. The summed E-state index contributed by atoms with van der Waals surface area (Å²) in [6, 6.07) is 6.86. The molecule has 0 spiro atoms. The van der Waals surface area contributed by atoms with E-state index in [1.807, 2.05) is 0 Å². The van der Waals surface area contributed by atoms with E-state index in [1.165, 1.54) is 0 Å². The molecule has 82 valence electrons. The predicted molar refractivity (Wildman–Crippen MR) is 60.1 cm³/mol. The second kappa shape index (κ2) is 4.21. The smallest absolute Gasteiger partial charge is 0.328 e. The first kappa shape index (κ1) is 12.0. The van der Waals surface area contributed by atoms with Crippen LogP contribution in [-0.2, 0) is 10.3 Å². The number of halogens is 1. The number of benzene rings is 1. The lowest BCUT2D eigenvalue weighted by atomic mass is 9.91. The van der Waals surface area contributed by atoms with Crippen molar-refractivity contribution in [1.29, 1.82) is 0 Å². The summed E-state index contributed by atoms with van der Waals surface area (Å²) in [7, 11) is 3.48. The van der Waals surface area contributed by atoms with Gasteiger partial charge in [-0.05, 0) is 38.7 Å². The summed E-state index contributed by atoms with van der Waals surface area (Å²) in [6.07, 6.45) is 0. The fraction of sp³-hybridized carbons (Fsp3) is 0.364. The van der Waals surface area contributed by atoms with Gasteiger partial charge in [0.2, 0.25) is 0 Å². The van der Waals surface area contributed by atoms with Gasteiger partial charge >= 0.3 is 5.97 Å². The minimum atomic E-state index is -1.02. The number of nitrogens with zero attached hydrogens (tertiary/aromatic N) is 1. The Morgan fingerprint density at radius 1 is 1.33 bits per heavy atom. The van der Waals surface area contributed by atoms with Crippen LogP contribution in [0.3, 0.4) is 0 Å². The molecule has 4 heteroatoms. The van der Waals surface area contributed by atoms with E-state index in [-0.39, 0.29) is 0 Å². The van der Waals surface area contributed by atoms with Crippen LogP contribution in [0.1, 0.15) is 12.5 Å². The summed E-state index contributed by atoms with van der Waals surface area (Å²) in [5.74, 6) is -0.880. The first-order valence-electron chi connectivity index (χ1n) is 4.56. The van der Waals surface area contributed by atoms with E-state index in [0.717, 1.165) is 0 Å². The number of hydrogen-bond donors (Lipinski definition) is 1. The SMILES string of the molecule is CN(C)[C@@](C)(C(=O)O)c1ccc(Cl)cc1. The molecular formula is C11H14ClNO2. The van der Waals surface area contributed by atoms with Gasteiger partial charge in [0.05, 0.1) is 0 Å². The molecule has 0 aliphatic heterocycles. The molecule has 0 aromatic heterocycles. The van der Waals surface area contributed by atoms with E-state index in [1.54, 1.807) is 50.2 Å². The maximum atomic E-state index is 11.3. The molecule has 1 aromatic carbocycles. The quantitative estimate of drug-likeness (QED) is 0.861. The number of likely N-dealkylation sites (N-methyl/N-ethyl adjacent to an activating group) is 1. The summed E-state index contributed by atoms with van der Waals surface area (Å²) < 4.78 is 0. The molecule has 1 aromatic rings. The van der Waals surface area contributed by atoms with E-state index in [4.69, 9.17) is 11.6 Å². The van der Waals surface area contributed by atoms with Gasteiger partial charge in [-0.1, -0.05) is 23.7 Å². The molecule has 0 bridgehead atoms. The van der Waals surface area contributed by atoms with Crippen LogP contribution >= 0.6 is 11.6 Å². The van der Waals surface area contributed by atoms with Crippen LogP contribution in [0.2, 0.25) is 5.02 Å². The molecule has 15 heavy (non-hydrogen) atoms. The van der Waals surface area contributed by atoms with E-state index < -0.39 is 11.5 Å². The van der Waals surface area contributed by atoms with Crippen molar-refractivity contribution >= 4 is 17.6 Å². The fourth-order valence-electron chi connectivity index (χ4n) is 1.35. The van der Waals surface area contributed by atoms with E-state index in [2.05, 4.69) is 0 Å². The average molecular weight is 228 g/mol. The van der Waals surface area contributed by atoms with Crippen LogP contribution in [0.4, 0.5) is 0 Å². The van der Waals surface area contributed by atoms with Gasteiger partial charge in [0, 0.05) is 5.02 Å². The van der Waals surface area contributed by atoms with Crippen LogP contribution in [0, 0.1) is 0 Å². The standard InChI is InChI=1S/C11H14ClNO2/c1-11(10(14)15,13(2)3)8-4-6-9(12)7-5-8/h4-7H,1-3H3,(H,14,15)/t11-/m1/s1. The molecule has 0 saturated carbocycles. The van der Waals surface area contributed by atoms with E-state index in [9.17, 15) is 9.90 Å². The number of rotatable bonds is 3. The molecule has 0 aliphatic rings. The molecule has 0 aliphatic carbocycles. The second-order valence-electron chi connectivity index (χ2n) is 3.78. The van der Waals surface area contributed by atoms with Gasteiger partial charge in [0.15, 0.2) is 0 Å². The molecule has 0 amide bonds. The largest absolute Gasteiger partial charge is 0.480 e. The molecule has 0 heterocycles. The van der Waals surface area contributed by atoms with Crippen molar-refractivity contribution in [3.8, 4) is 0 Å². The third-order valence-electron chi connectivity index (χ3n) is 2.72. The molecule has 1 rings (SSSR count). The second-order valence-corrected chi connectivity index (χ2v) is 4.22. The third-order valence-corrected chi connectivity index (χ3v) is 2.97. The molecule has 0 radical (unpaired) electrons. The highest BCUT2D eigenvalue weighted by Crippen LogP contribution is 2.27. The molecule has 3 nitrogen and oxygen atoms in total. The van der Waals surface area contributed by atoms with Crippen LogP contribution < -0.4 is 0 Å². The number of carbonyl (C=O) groups is 1. The van der Waals surface area contributed by atoms with Crippen molar-refractivity contribution in [2.75, 3.05) is 14.1 Å². The highest BCUT2D eigenvalue weighted by molar-refractivity contribution is 6.30. The molecule has 0 saturated heterocycles. The molecule has 1 N–H and O–H groups in total. The maximum Gasteiger partial charge on any atom is 0.328 e. The zero-order chi connectivity index (χ0) is 11.6. The Balaban J connectivity index is 3.22. The van der Waals surface area contributed by atoms with Gasteiger partial charge in [-0.25, -0.2) is 4.79 Å². The zero-order valence-corrected chi connectivity index (χ0v) is 9.75. The number of carboxylic acids is 1. The van der Waals surface area contributed by atoms with Crippen molar-refractivity contribution in [1.82, 2.24) is 4.90 Å². The Hall–Kier alpha value is -1.06. The number of aliphatic carboxylic acids is 1. The summed E-state index contributed by atoms with van der Waals surface area (Å²) >= 11 is 5.76. The van der Waals surface area contributed by atoms with E-state index in [0.29, 0.717) is 10.6 Å². The van der Waals surface area contributed by atoms with Crippen molar-refractivity contribution in [2.24, 2.45) is 0 Å². The molecule has 1 atom stereocenters. The maximum absolute atomic E-state index is 11.3. The third kappa shape index (κ3) is 2.13. The van der Waals surface area contributed by atoms with Crippen LogP contribution in [0.5, 0.6) is 0 Å². The Bertz CT molecular complexity index is 361. The van der Waals surface area contributed by atoms with Gasteiger partial charge < -0.3 is 5.11 Å². The summed E-state index contributed by atoms with van der Waals surface area (Å²) in [4.78, 5) is 12.9. The normalized spacial score (nSPS) is 15.0. The Kier molecular flexibility index (Phi) is 3.37. The number of carboxylic acid groups (broad SMARTS) is 1. The van der Waals surface area contributed by atoms with Crippen LogP contribution in [0.15, 0.2) is 24.3 Å². The topological polar surface area (TPSA) is 40.5 Å². The Morgan fingerprint density at radius 3 is 2.13 bits per heavy atom. The van der Waals surface area contributed by atoms with Crippen molar-refractivity contribution in [3.05, 3.63) is 34.9 Å². The summed E-state index contributed by atoms with van der Waals surface area (Å²) in [5, 5.41) is 9.85. The van der Waals surface area contributed by atoms with Gasteiger partial charge in [0.25, 0.3) is 0 Å².